The Balaban J connectivity index is 3.17. The Morgan fingerprint density at radius 1 is 0.435 bits per heavy atom. The molecule has 0 saturated carbocycles. The minimum absolute atomic E-state index is 0.151. The lowest BCUT2D eigenvalue weighted by molar-refractivity contribution is -0.171. The van der Waals surface area contributed by atoms with Gasteiger partial charge in [0.1, 0.15) is 12.7 Å². The lowest BCUT2D eigenvalue weighted by atomic mass is 10.1. The Morgan fingerprint density at radius 2 is 0.768 bits per heavy atom. The molecule has 1 saturated heterocycles. The van der Waals surface area contributed by atoms with Crippen LogP contribution in [0.15, 0.2) is 0 Å². The van der Waals surface area contributed by atoms with E-state index in [2.05, 4.69) is 27.7 Å². The van der Waals surface area contributed by atoms with Crippen molar-refractivity contribution in [3.05, 3.63) is 0 Å². The Morgan fingerprint density at radius 3 is 1.13 bits per heavy atom. The summed E-state index contributed by atoms with van der Waals surface area (Å²) in [5, 5.41) is 0. The van der Waals surface area contributed by atoms with Crippen LogP contribution in [-0.4, -0.2) is 125 Å². The SMILES string of the molecule is CCCCCCCC(=O)OCC(COC(=O)CCCCCCC)CC(=O)O[C@H]1COC(COC(=O)CCCN(C)C)[C@@H]1OC(=O)CC(COC(=O)CCCCCCC)COC(=O)CCCCCCC. The van der Waals surface area contributed by atoms with E-state index in [0.29, 0.717) is 38.6 Å². The molecule has 1 rings (SSSR count). The van der Waals surface area contributed by atoms with Gasteiger partial charge in [0.15, 0.2) is 12.2 Å². The van der Waals surface area contributed by atoms with Crippen LogP contribution in [0.5, 0.6) is 0 Å². The number of rotatable bonds is 44. The predicted octanol–water partition coefficient (Wildman–Crippen LogP) is 9.72. The van der Waals surface area contributed by atoms with Gasteiger partial charge in [0.25, 0.3) is 0 Å². The zero-order valence-corrected chi connectivity index (χ0v) is 43.7. The highest BCUT2D eigenvalue weighted by atomic mass is 16.6. The molecule has 1 heterocycles. The van der Waals surface area contributed by atoms with Gasteiger partial charge in [-0.2, -0.15) is 0 Å². The molecule has 0 N–H and O–H groups in total. The largest absolute Gasteiger partial charge is 0.465 e. The Kier molecular flexibility index (Phi) is 38.4. The smallest absolute Gasteiger partial charge is 0.306 e. The fourth-order valence-electron chi connectivity index (χ4n) is 7.67. The summed E-state index contributed by atoms with van der Waals surface area (Å²) in [6.07, 6.45) is 16.8. The van der Waals surface area contributed by atoms with Gasteiger partial charge in [0.05, 0.1) is 45.9 Å². The van der Waals surface area contributed by atoms with Crippen LogP contribution in [0.2, 0.25) is 0 Å². The molecule has 1 aliphatic heterocycles. The number of carbonyl (C=O) groups excluding carboxylic acids is 7. The topological polar surface area (TPSA) is 197 Å². The molecule has 0 aromatic carbocycles. The number of unbranched alkanes of at least 4 members (excludes halogenated alkanes) is 16. The monoisotopic (exact) mass is 984 g/mol. The average molecular weight is 984 g/mol. The summed E-state index contributed by atoms with van der Waals surface area (Å²) in [6, 6.07) is 0. The van der Waals surface area contributed by atoms with E-state index in [9.17, 15) is 33.6 Å². The van der Waals surface area contributed by atoms with Crippen molar-refractivity contribution in [3.63, 3.8) is 0 Å². The van der Waals surface area contributed by atoms with Crippen molar-refractivity contribution in [1.29, 1.82) is 0 Å². The summed E-state index contributed by atoms with van der Waals surface area (Å²) in [4.78, 5) is 92.8. The van der Waals surface area contributed by atoms with Gasteiger partial charge in [-0.05, 0) is 52.7 Å². The second kappa shape index (κ2) is 41.9. The van der Waals surface area contributed by atoms with Crippen LogP contribution in [0, 0.1) is 11.8 Å². The predicted molar refractivity (Wildman–Crippen MR) is 262 cm³/mol. The van der Waals surface area contributed by atoms with Gasteiger partial charge in [-0.3, -0.25) is 33.6 Å². The highest BCUT2D eigenvalue weighted by Crippen LogP contribution is 2.25. The number of nitrogens with zero attached hydrogens (tertiary/aromatic N) is 1. The molecule has 0 bridgehead atoms. The third-order valence-electron chi connectivity index (χ3n) is 11.9. The Hall–Kier alpha value is -3.79. The molecular formula is C53H93NO15. The van der Waals surface area contributed by atoms with Crippen molar-refractivity contribution in [2.24, 2.45) is 11.8 Å². The maximum atomic E-state index is 13.8. The van der Waals surface area contributed by atoms with Crippen LogP contribution >= 0.6 is 0 Å². The molecule has 1 unspecified atom stereocenters. The molecule has 0 amide bonds. The standard InChI is InChI=1S/C53H93NO15/c1-7-11-15-19-23-28-46(55)63-36-42(37-64-47(56)29-24-20-16-12-8-2)34-51(60)68-45-41-62-44(40-67-50(59)32-27-33-54(5)6)53(45)69-52(61)35-43(38-65-48(57)30-25-21-17-13-9-3)39-66-49(58)31-26-22-18-14-10-4/h42-45,53H,7-41H2,1-6H3/t44?,45-,53-/m0/s1. The highest BCUT2D eigenvalue weighted by molar-refractivity contribution is 5.73. The van der Waals surface area contributed by atoms with Crippen LogP contribution in [0.1, 0.15) is 207 Å². The van der Waals surface area contributed by atoms with Crippen LogP contribution < -0.4 is 0 Å². The highest BCUT2D eigenvalue weighted by Gasteiger charge is 2.44. The van der Waals surface area contributed by atoms with Crippen molar-refractivity contribution in [1.82, 2.24) is 4.90 Å². The molecule has 16 heteroatoms. The number of ether oxygens (including phenoxy) is 8. The van der Waals surface area contributed by atoms with Gasteiger partial charge in [0, 0.05) is 43.9 Å². The van der Waals surface area contributed by atoms with Crippen LogP contribution in [0.25, 0.3) is 0 Å². The van der Waals surface area contributed by atoms with E-state index in [4.69, 9.17) is 37.9 Å². The molecule has 69 heavy (non-hydrogen) atoms. The Bertz CT molecular complexity index is 1350. The van der Waals surface area contributed by atoms with Gasteiger partial charge in [-0.15, -0.1) is 0 Å². The van der Waals surface area contributed by atoms with Crippen LogP contribution in [-0.2, 0) is 71.5 Å². The fraction of sp³-hybridized carbons (Fsp3) is 0.868. The Labute approximate surface area is 415 Å². The zero-order valence-electron chi connectivity index (χ0n) is 43.7. The molecule has 0 aliphatic carbocycles. The van der Waals surface area contributed by atoms with E-state index >= 15 is 0 Å². The van der Waals surface area contributed by atoms with E-state index in [1.807, 2.05) is 19.0 Å². The minimum atomic E-state index is -1.21. The summed E-state index contributed by atoms with van der Waals surface area (Å²) in [5.41, 5.74) is 0. The quantitative estimate of drug-likeness (QED) is 0.0317. The molecule has 0 spiro atoms. The third kappa shape index (κ3) is 35.0. The number of hydrogen-bond acceptors (Lipinski definition) is 16. The molecule has 1 fully saturated rings. The second-order valence-corrected chi connectivity index (χ2v) is 19.0. The van der Waals surface area contributed by atoms with Gasteiger partial charge in [-0.25, -0.2) is 0 Å². The average Bonchev–Trinajstić information content (AvgIpc) is 3.68. The minimum Gasteiger partial charge on any atom is -0.465 e. The first-order valence-corrected chi connectivity index (χ1v) is 26.7. The molecule has 0 radical (unpaired) electrons. The summed E-state index contributed by atoms with van der Waals surface area (Å²) >= 11 is 0. The van der Waals surface area contributed by atoms with Gasteiger partial charge < -0.3 is 42.8 Å². The fourth-order valence-corrected chi connectivity index (χ4v) is 7.67. The molecule has 3 atom stereocenters. The van der Waals surface area contributed by atoms with Crippen molar-refractivity contribution < 1.29 is 71.5 Å². The van der Waals surface area contributed by atoms with E-state index in [-0.39, 0.29) is 84.6 Å². The number of esters is 7. The molecule has 1 aliphatic rings. The first-order chi connectivity index (χ1) is 33.3. The van der Waals surface area contributed by atoms with Crippen molar-refractivity contribution >= 4 is 41.8 Å². The lowest BCUT2D eigenvalue weighted by Crippen LogP contribution is -2.41. The maximum absolute atomic E-state index is 13.8. The van der Waals surface area contributed by atoms with Gasteiger partial charge >= 0.3 is 41.8 Å². The van der Waals surface area contributed by atoms with E-state index in [1.54, 1.807) is 0 Å². The normalized spacial score (nSPS) is 15.6. The number of carbonyl (C=O) groups is 7. The summed E-state index contributed by atoms with van der Waals surface area (Å²) in [5.74, 6) is -5.06. The lowest BCUT2D eigenvalue weighted by Gasteiger charge is -2.25. The zero-order chi connectivity index (χ0) is 50.9. The van der Waals surface area contributed by atoms with E-state index < -0.39 is 71.9 Å². The number of hydrogen-bond donors (Lipinski definition) is 0. The van der Waals surface area contributed by atoms with Crippen molar-refractivity contribution in [2.45, 2.75) is 226 Å². The summed E-state index contributed by atoms with van der Waals surface area (Å²) < 4.78 is 45.5. The van der Waals surface area contributed by atoms with Crippen molar-refractivity contribution in [2.75, 3.05) is 60.3 Å². The van der Waals surface area contributed by atoms with Crippen molar-refractivity contribution in [3.8, 4) is 0 Å². The molecule has 0 aromatic heterocycles. The molecular weight excluding hydrogens is 891 g/mol. The second-order valence-electron chi connectivity index (χ2n) is 19.0. The van der Waals surface area contributed by atoms with Crippen LogP contribution in [0.4, 0.5) is 0 Å². The van der Waals surface area contributed by atoms with Gasteiger partial charge in [0.2, 0.25) is 0 Å². The molecule has 400 valence electrons. The van der Waals surface area contributed by atoms with Crippen LogP contribution in [0.3, 0.4) is 0 Å². The van der Waals surface area contributed by atoms with Gasteiger partial charge in [-0.1, -0.05) is 130 Å². The molecule has 16 nitrogen and oxygen atoms in total. The first kappa shape index (κ1) is 63.2. The summed E-state index contributed by atoms with van der Waals surface area (Å²) in [6.45, 7) is 7.95. The maximum Gasteiger partial charge on any atom is 0.306 e. The first-order valence-electron chi connectivity index (χ1n) is 26.7. The summed E-state index contributed by atoms with van der Waals surface area (Å²) in [7, 11) is 3.80. The van der Waals surface area contributed by atoms with E-state index in [1.165, 1.54) is 0 Å². The van der Waals surface area contributed by atoms with E-state index in [0.717, 1.165) is 103 Å². The molecule has 0 aromatic rings. The third-order valence-corrected chi connectivity index (χ3v) is 11.9.